The molecule has 2 aromatic heterocycles. The number of aryl methyl sites for hydroxylation is 1. The van der Waals surface area contributed by atoms with Crippen LogP contribution < -0.4 is 4.90 Å². The summed E-state index contributed by atoms with van der Waals surface area (Å²) in [5, 5.41) is 4.99. The molecule has 0 unspecified atom stereocenters. The van der Waals surface area contributed by atoms with Crippen molar-refractivity contribution in [2.75, 3.05) is 18.0 Å². The maximum atomic E-state index is 12.8. The van der Waals surface area contributed by atoms with Gasteiger partial charge in [0.05, 0.1) is 24.7 Å². The Balaban J connectivity index is 2.10. The highest BCUT2D eigenvalue weighted by Gasteiger charge is 2.29. The topological polar surface area (TPSA) is 46.8 Å². The number of halogens is 1. The molecule has 6 heteroatoms. The summed E-state index contributed by atoms with van der Waals surface area (Å²) in [6.07, 6.45) is 2.48. The van der Waals surface area contributed by atoms with Gasteiger partial charge in [-0.15, -0.1) is 0 Å². The Hall–Kier alpha value is -1.72. The Morgan fingerprint density at radius 2 is 2.20 bits per heavy atom. The zero-order valence-corrected chi connectivity index (χ0v) is 8.26. The first-order valence-corrected chi connectivity index (χ1v) is 4.77. The van der Waals surface area contributed by atoms with Crippen LogP contribution in [-0.2, 0) is 7.05 Å². The standard InChI is InChI=1S/C9H10FN5/c1-14-8-7(2-13-14)9(12-5-11-8)15-3-6(10)4-15/h2,5-6H,3-4H2,1H3. The summed E-state index contributed by atoms with van der Waals surface area (Å²) < 4.78 is 14.4. The number of fused-ring (bicyclic) bond motifs is 1. The lowest BCUT2D eigenvalue weighted by atomic mass is 10.2. The molecule has 0 amide bonds. The average molecular weight is 207 g/mol. The van der Waals surface area contributed by atoms with Crippen molar-refractivity contribution < 1.29 is 4.39 Å². The molecule has 1 aliphatic heterocycles. The minimum absolute atomic E-state index is 0.418. The number of hydrogen-bond acceptors (Lipinski definition) is 4. The van der Waals surface area contributed by atoms with E-state index >= 15 is 0 Å². The van der Waals surface area contributed by atoms with E-state index in [-0.39, 0.29) is 0 Å². The summed E-state index contributed by atoms with van der Waals surface area (Å²) in [5.41, 5.74) is 0.780. The molecule has 0 N–H and O–H groups in total. The molecule has 0 aliphatic carbocycles. The van der Waals surface area contributed by atoms with E-state index in [1.807, 2.05) is 11.9 Å². The zero-order chi connectivity index (χ0) is 10.4. The molecule has 1 fully saturated rings. The van der Waals surface area contributed by atoms with Crippen LogP contribution in [0.1, 0.15) is 0 Å². The molecule has 0 aromatic carbocycles. The van der Waals surface area contributed by atoms with Gasteiger partial charge in [0.15, 0.2) is 5.65 Å². The fraction of sp³-hybridized carbons (Fsp3) is 0.444. The quantitative estimate of drug-likeness (QED) is 0.684. The number of rotatable bonds is 1. The van der Waals surface area contributed by atoms with Crippen LogP contribution in [0.25, 0.3) is 11.0 Å². The van der Waals surface area contributed by atoms with E-state index in [0.717, 1.165) is 16.9 Å². The van der Waals surface area contributed by atoms with Gasteiger partial charge in [0.2, 0.25) is 0 Å². The van der Waals surface area contributed by atoms with Crippen LogP contribution >= 0.6 is 0 Å². The largest absolute Gasteiger partial charge is 0.350 e. The van der Waals surface area contributed by atoms with Gasteiger partial charge in [-0.2, -0.15) is 5.10 Å². The monoisotopic (exact) mass is 207 g/mol. The smallest absolute Gasteiger partial charge is 0.163 e. The van der Waals surface area contributed by atoms with Gasteiger partial charge in [0, 0.05) is 7.05 Å². The third-order valence-electron chi connectivity index (χ3n) is 2.64. The number of aromatic nitrogens is 4. The van der Waals surface area contributed by atoms with Crippen molar-refractivity contribution in [3.05, 3.63) is 12.5 Å². The van der Waals surface area contributed by atoms with Crippen LogP contribution in [0.4, 0.5) is 10.2 Å². The Kier molecular flexibility index (Phi) is 1.65. The van der Waals surface area contributed by atoms with Gasteiger partial charge in [0.25, 0.3) is 0 Å². The van der Waals surface area contributed by atoms with E-state index < -0.39 is 6.17 Å². The summed E-state index contributed by atoms with van der Waals surface area (Å²) in [5.74, 6) is 0.780. The van der Waals surface area contributed by atoms with Crippen molar-refractivity contribution in [3.8, 4) is 0 Å². The number of hydrogen-bond donors (Lipinski definition) is 0. The van der Waals surface area contributed by atoms with E-state index in [4.69, 9.17) is 0 Å². The van der Waals surface area contributed by atoms with Gasteiger partial charge in [-0.3, -0.25) is 4.68 Å². The molecule has 15 heavy (non-hydrogen) atoms. The van der Waals surface area contributed by atoms with Gasteiger partial charge < -0.3 is 4.90 Å². The first-order chi connectivity index (χ1) is 7.25. The second kappa shape index (κ2) is 2.88. The zero-order valence-electron chi connectivity index (χ0n) is 8.26. The van der Waals surface area contributed by atoms with E-state index in [0.29, 0.717) is 13.1 Å². The summed E-state index contributed by atoms with van der Waals surface area (Å²) in [6, 6.07) is 0. The Morgan fingerprint density at radius 1 is 1.40 bits per heavy atom. The molecule has 0 bridgehead atoms. The summed E-state index contributed by atoms with van der Waals surface area (Å²) >= 11 is 0. The van der Waals surface area contributed by atoms with Crippen molar-refractivity contribution in [2.24, 2.45) is 7.05 Å². The van der Waals surface area contributed by atoms with E-state index in [9.17, 15) is 4.39 Å². The highest BCUT2D eigenvalue weighted by molar-refractivity contribution is 5.86. The third kappa shape index (κ3) is 1.17. The molecular weight excluding hydrogens is 197 g/mol. The summed E-state index contributed by atoms with van der Waals surface area (Å²) in [6.45, 7) is 0.835. The lowest BCUT2D eigenvalue weighted by Gasteiger charge is -2.35. The third-order valence-corrected chi connectivity index (χ3v) is 2.64. The van der Waals surface area contributed by atoms with Gasteiger partial charge in [-0.25, -0.2) is 14.4 Å². The first-order valence-electron chi connectivity index (χ1n) is 4.77. The van der Waals surface area contributed by atoms with Gasteiger partial charge in [-0.05, 0) is 0 Å². The van der Waals surface area contributed by atoms with Crippen LogP contribution in [0.15, 0.2) is 12.5 Å². The number of nitrogens with zero attached hydrogens (tertiary/aromatic N) is 5. The predicted molar refractivity (Wildman–Crippen MR) is 53.4 cm³/mol. The predicted octanol–water partition coefficient (Wildman–Crippen LogP) is 0.521. The molecule has 1 saturated heterocycles. The molecule has 0 atom stereocenters. The molecule has 0 saturated carbocycles. The van der Waals surface area contributed by atoms with Crippen molar-refractivity contribution in [1.82, 2.24) is 19.7 Å². The van der Waals surface area contributed by atoms with Crippen LogP contribution in [0, 0.1) is 0 Å². The minimum atomic E-state index is -0.730. The molecule has 1 aliphatic rings. The van der Waals surface area contributed by atoms with Crippen molar-refractivity contribution in [3.63, 3.8) is 0 Å². The lowest BCUT2D eigenvalue weighted by Crippen LogP contribution is -2.48. The molecule has 3 heterocycles. The van der Waals surface area contributed by atoms with Gasteiger partial charge in [0.1, 0.15) is 18.3 Å². The number of alkyl halides is 1. The number of anilines is 1. The normalized spacial score (nSPS) is 17.1. The lowest BCUT2D eigenvalue weighted by molar-refractivity contribution is 0.274. The average Bonchev–Trinajstić information content (AvgIpc) is 2.56. The SMILES string of the molecule is Cn1ncc2c(N3CC(F)C3)ncnc21. The highest BCUT2D eigenvalue weighted by Crippen LogP contribution is 2.26. The molecule has 3 rings (SSSR count). The van der Waals surface area contributed by atoms with Gasteiger partial charge in [-0.1, -0.05) is 0 Å². The molecule has 2 aromatic rings. The van der Waals surface area contributed by atoms with E-state index in [1.54, 1.807) is 10.9 Å². The molecule has 5 nitrogen and oxygen atoms in total. The van der Waals surface area contributed by atoms with Crippen LogP contribution in [0.5, 0.6) is 0 Å². The minimum Gasteiger partial charge on any atom is -0.350 e. The second-order valence-electron chi connectivity index (χ2n) is 3.70. The van der Waals surface area contributed by atoms with Crippen LogP contribution in [0.2, 0.25) is 0 Å². The summed E-state index contributed by atoms with van der Waals surface area (Å²) in [4.78, 5) is 10.2. The van der Waals surface area contributed by atoms with Gasteiger partial charge >= 0.3 is 0 Å². The summed E-state index contributed by atoms with van der Waals surface area (Å²) in [7, 11) is 1.83. The van der Waals surface area contributed by atoms with E-state index in [2.05, 4.69) is 15.1 Å². The maximum absolute atomic E-state index is 12.8. The fourth-order valence-corrected chi connectivity index (χ4v) is 1.80. The highest BCUT2D eigenvalue weighted by atomic mass is 19.1. The maximum Gasteiger partial charge on any atom is 0.163 e. The van der Waals surface area contributed by atoms with Crippen molar-refractivity contribution in [2.45, 2.75) is 6.17 Å². The second-order valence-corrected chi connectivity index (χ2v) is 3.70. The Bertz CT molecular complexity index is 502. The van der Waals surface area contributed by atoms with Crippen molar-refractivity contribution in [1.29, 1.82) is 0 Å². The molecule has 78 valence electrons. The Labute approximate surface area is 85.5 Å². The molecular formula is C9H10FN5. The van der Waals surface area contributed by atoms with Crippen LogP contribution in [0.3, 0.4) is 0 Å². The Morgan fingerprint density at radius 3 is 2.93 bits per heavy atom. The van der Waals surface area contributed by atoms with E-state index in [1.165, 1.54) is 6.33 Å². The fourth-order valence-electron chi connectivity index (χ4n) is 1.80. The first kappa shape index (κ1) is 8.58. The molecule has 0 spiro atoms. The van der Waals surface area contributed by atoms with Crippen LogP contribution in [-0.4, -0.2) is 39.0 Å². The van der Waals surface area contributed by atoms with Crippen molar-refractivity contribution >= 4 is 16.9 Å². The molecule has 0 radical (unpaired) electrons.